The van der Waals surface area contributed by atoms with Crippen molar-refractivity contribution in [3.63, 3.8) is 0 Å². The van der Waals surface area contributed by atoms with E-state index < -0.39 is 0 Å². The van der Waals surface area contributed by atoms with Crippen LogP contribution in [-0.2, 0) is 4.79 Å². The highest BCUT2D eigenvalue weighted by atomic mass is 19.1. The van der Waals surface area contributed by atoms with Gasteiger partial charge in [0.05, 0.1) is 17.8 Å². The minimum absolute atomic E-state index is 0.00761. The van der Waals surface area contributed by atoms with Crippen molar-refractivity contribution >= 4 is 16.8 Å². The van der Waals surface area contributed by atoms with Crippen molar-refractivity contribution < 1.29 is 13.6 Å². The number of nitrogens with zero attached hydrogens (tertiary/aromatic N) is 1. The number of nitrogens with one attached hydrogen (secondary N) is 1. The number of aromatic nitrogens is 1. The Kier molecular flexibility index (Phi) is 3.15. The predicted octanol–water partition coefficient (Wildman–Crippen LogP) is 3.62. The lowest BCUT2D eigenvalue weighted by Crippen LogP contribution is -2.19. The summed E-state index contributed by atoms with van der Waals surface area (Å²) in [5, 5.41) is 3.83. The Balaban J connectivity index is 1.78. The summed E-state index contributed by atoms with van der Waals surface area (Å²) >= 11 is 0. The van der Waals surface area contributed by atoms with Gasteiger partial charge in [0.1, 0.15) is 11.6 Å². The maximum Gasteiger partial charge on any atom is 0.221 e. The molecule has 3 aromatic rings. The quantitative estimate of drug-likeness (QED) is 0.786. The number of aryl methyl sites for hydroxylation is 1. The summed E-state index contributed by atoms with van der Waals surface area (Å²) in [5.41, 5.74) is 2.14. The van der Waals surface area contributed by atoms with Crippen LogP contribution in [0.4, 0.5) is 4.39 Å². The van der Waals surface area contributed by atoms with E-state index in [-0.39, 0.29) is 23.7 Å². The summed E-state index contributed by atoms with van der Waals surface area (Å²) < 4.78 is 19.1. The number of furan rings is 1. The summed E-state index contributed by atoms with van der Waals surface area (Å²) in [4.78, 5) is 16.2. The third-order valence-corrected chi connectivity index (χ3v) is 4.38. The molecule has 1 fully saturated rings. The number of hydrogen-bond donors (Lipinski definition) is 1. The second-order valence-corrected chi connectivity index (χ2v) is 5.93. The molecule has 23 heavy (non-hydrogen) atoms. The van der Waals surface area contributed by atoms with Crippen molar-refractivity contribution in [3.05, 3.63) is 65.5 Å². The first kappa shape index (κ1) is 13.9. The van der Waals surface area contributed by atoms with Gasteiger partial charge in [0.2, 0.25) is 5.91 Å². The van der Waals surface area contributed by atoms with Gasteiger partial charge in [-0.15, -0.1) is 0 Å². The number of carbonyl (C=O) groups is 1. The van der Waals surface area contributed by atoms with Crippen molar-refractivity contribution in [1.29, 1.82) is 0 Å². The molecule has 0 bridgehead atoms. The van der Waals surface area contributed by atoms with Crippen LogP contribution in [0.15, 0.2) is 47.2 Å². The second kappa shape index (κ2) is 5.19. The highest BCUT2D eigenvalue weighted by Gasteiger charge is 2.36. The summed E-state index contributed by atoms with van der Waals surface area (Å²) in [5.74, 6) is 0.419. The Morgan fingerprint density at radius 2 is 2.22 bits per heavy atom. The minimum Gasteiger partial charge on any atom is -0.467 e. The molecule has 5 heteroatoms. The molecule has 0 unspecified atom stereocenters. The zero-order valence-electron chi connectivity index (χ0n) is 12.5. The molecular formula is C18H15FN2O2. The first-order chi connectivity index (χ1) is 11.1. The fourth-order valence-electron chi connectivity index (χ4n) is 3.18. The van der Waals surface area contributed by atoms with Crippen LogP contribution in [0.3, 0.4) is 0 Å². The Morgan fingerprint density at radius 1 is 1.35 bits per heavy atom. The molecular weight excluding hydrogens is 295 g/mol. The van der Waals surface area contributed by atoms with Gasteiger partial charge in [-0.05, 0) is 42.3 Å². The molecule has 116 valence electrons. The molecule has 1 aliphatic rings. The second-order valence-electron chi connectivity index (χ2n) is 5.93. The van der Waals surface area contributed by atoms with Gasteiger partial charge in [0.25, 0.3) is 0 Å². The van der Waals surface area contributed by atoms with Crippen LogP contribution < -0.4 is 5.32 Å². The molecule has 1 amide bonds. The van der Waals surface area contributed by atoms with Crippen LogP contribution in [0.5, 0.6) is 0 Å². The molecule has 0 saturated carbocycles. The third kappa shape index (κ3) is 2.38. The van der Waals surface area contributed by atoms with E-state index in [0.717, 1.165) is 16.7 Å². The topological polar surface area (TPSA) is 55.1 Å². The number of hydrogen-bond acceptors (Lipinski definition) is 3. The van der Waals surface area contributed by atoms with Gasteiger partial charge in [-0.3, -0.25) is 9.78 Å². The lowest BCUT2D eigenvalue weighted by molar-refractivity contribution is -0.119. The Bertz CT molecular complexity index is 889. The molecule has 1 saturated heterocycles. The third-order valence-electron chi connectivity index (χ3n) is 4.38. The lowest BCUT2D eigenvalue weighted by Gasteiger charge is -2.17. The first-order valence-corrected chi connectivity index (χ1v) is 7.50. The van der Waals surface area contributed by atoms with Crippen LogP contribution in [0.25, 0.3) is 10.9 Å². The lowest BCUT2D eigenvalue weighted by atomic mass is 9.91. The largest absolute Gasteiger partial charge is 0.467 e. The zero-order valence-corrected chi connectivity index (χ0v) is 12.5. The van der Waals surface area contributed by atoms with Gasteiger partial charge in [-0.1, -0.05) is 0 Å². The number of amides is 1. The van der Waals surface area contributed by atoms with Gasteiger partial charge in [-0.25, -0.2) is 4.39 Å². The highest BCUT2D eigenvalue weighted by molar-refractivity contribution is 5.82. The fourth-order valence-corrected chi connectivity index (χ4v) is 3.18. The highest BCUT2D eigenvalue weighted by Crippen LogP contribution is 2.39. The molecule has 0 spiro atoms. The van der Waals surface area contributed by atoms with Crippen molar-refractivity contribution in [2.45, 2.75) is 25.3 Å². The van der Waals surface area contributed by atoms with E-state index in [4.69, 9.17) is 4.42 Å². The summed E-state index contributed by atoms with van der Waals surface area (Å²) in [6.07, 6.45) is 3.71. The van der Waals surface area contributed by atoms with E-state index in [1.165, 1.54) is 6.07 Å². The van der Waals surface area contributed by atoms with Gasteiger partial charge >= 0.3 is 0 Å². The molecule has 4 nitrogen and oxygen atoms in total. The molecule has 3 heterocycles. The van der Waals surface area contributed by atoms with Crippen LogP contribution >= 0.6 is 0 Å². The van der Waals surface area contributed by atoms with E-state index in [9.17, 15) is 9.18 Å². The smallest absolute Gasteiger partial charge is 0.221 e. The number of fused-ring (bicyclic) bond motifs is 1. The maximum absolute atomic E-state index is 13.6. The Labute approximate surface area is 132 Å². The molecule has 1 N–H and O–H groups in total. The van der Waals surface area contributed by atoms with E-state index >= 15 is 0 Å². The number of benzene rings is 1. The number of pyridine rings is 1. The van der Waals surface area contributed by atoms with Gasteiger partial charge < -0.3 is 9.73 Å². The van der Waals surface area contributed by atoms with Crippen LogP contribution in [-0.4, -0.2) is 10.9 Å². The van der Waals surface area contributed by atoms with E-state index in [0.29, 0.717) is 17.5 Å². The summed E-state index contributed by atoms with van der Waals surface area (Å²) in [6, 6.07) is 8.68. The SMILES string of the molecule is Cc1cc2cc([C@@H]3CC(=O)N[C@@H]3c3ccco3)cnc2cc1F. The first-order valence-electron chi connectivity index (χ1n) is 7.50. The molecule has 2 aromatic heterocycles. The van der Waals surface area contributed by atoms with Crippen LogP contribution in [0, 0.1) is 12.7 Å². The van der Waals surface area contributed by atoms with E-state index in [1.54, 1.807) is 25.5 Å². The summed E-state index contributed by atoms with van der Waals surface area (Å²) in [7, 11) is 0. The molecule has 2 atom stereocenters. The monoisotopic (exact) mass is 310 g/mol. The molecule has 1 aliphatic heterocycles. The van der Waals surface area contributed by atoms with E-state index in [1.807, 2.05) is 18.2 Å². The Hall–Kier alpha value is -2.69. The zero-order chi connectivity index (χ0) is 16.0. The number of rotatable bonds is 2. The molecule has 0 aliphatic carbocycles. The summed E-state index contributed by atoms with van der Waals surface area (Å²) in [6.45, 7) is 1.73. The van der Waals surface area contributed by atoms with Crippen molar-refractivity contribution in [2.75, 3.05) is 0 Å². The average molecular weight is 310 g/mol. The Morgan fingerprint density at radius 3 is 3.00 bits per heavy atom. The fraction of sp³-hybridized carbons (Fsp3) is 0.222. The predicted molar refractivity (Wildman–Crippen MR) is 83.4 cm³/mol. The van der Waals surface area contributed by atoms with Crippen molar-refractivity contribution in [1.82, 2.24) is 10.3 Å². The maximum atomic E-state index is 13.6. The molecule has 1 aromatic carbocycles. The normalized spacial score (nSPS) is 20.9. The van der Waals surface area contributed by atoms with Gasteiger partial charge in [0.15, 0.2) is 0 Å². The molecule has 0 radical (unpaired) electrons. The average Bonchev–Trinajstić information content (AvgIpc) is 3.17. The van der Waals surface area contributed by atoms with Crippen LogP contribution in [0.2, 0.25) is 0 Å². The van der Waals surface area contributed by atoms with Crippen LogP contribution in [0.1, 0.15) is 35.3 Å². The minimum atomic E-state index is -0.260. The number of halogens is 1. The van der Waals surface area contributed by atoms with Gasteiger partial charge in [-0.2, -0.15) is 0 Å². The standard InChI is InChI=1S/C18H15FN2O2/c1-10-5-11-6-12(9-20-15(11)8-14(10)19)13-7-17(22)21-18(13)16-3-2-4-23-16/h2-6,8-9,13,18H,7H2,1H3,(H,21,22)/t13-,18-/m0/s1. The van der Waals surface area contributed by atoms with Gasteiger partial charge in [0, 0.05) is 30.0 Å². The van der Waals surface area contributed by atoms with E-state index in [2.05, 4.69) is 10.3 Å². The van der Waals surface area contributed by atoms with Crippen molar-refractivity contribution in [3.8, 4) is 0 Å². The number of carbonyl (C=O) groups excluding carboxylic acids is 1. The van der Waals surface area contributed by atoms with Crippen molar-refractivity contribution in [2.24, 2.45) is 0 Å². The molecule has 4 rings (SSSR count).